The van der Waals surface area contributed by atoms with Crippen LogP contribution in [0.1, 0.15) is 12.8 Å². The lowest BCUT2D eigenvalue weighted by atomic mass is 9.95. The van der Waals surface area contributed by atoms with Crippen molar-refractivity contribution < 1.29 is 13.2 Å². The van der Waals surface area contributed by atoms with Gasteiger partial charge in [0.15, 0.2) is 0 Å². The molecule has 0 spiro atoms. The average Bonchev–Trinajstić information content (AvgIpc) is 2.73. The van der Waals surface area contributed by atoms with Gasteiger partial charge in [-0.3, -0.25) is 4.79 Å². The van der Waals surface area contributed by atoms with Crippen LogP contribution in [0, 0.1) is 5.92 Å². The molecule has 120 valence electrons. The number of carbonyl (C=O) groups is 1. The largest absolute Gasteiger partial charge is 0.341 e. The molecule has 5 nitrogen and oxygen atoms in total. The van der Waals surface area contributed by atoms with Gasteiger partial charge in [0.05, 0.1) is 10.9 Å². The Morgan fingerprint density at radius 3 is 2.59 bits per heavy atom. The monoisotopic (exact) mass is 362 g/mol. The Hall–Kier alpha value is -0.820. The van der Waals surface area contributed by atoms with Crippen LogP contribution in [-0.2, 0) is 14.8 Å². The molecule has 0 aliphatic carbocycles. The molecule has 8 heteroatoms. The van der Waals surface area contributed by atoms with Crippen LogP contribution < -0.4 is 0 Å². The van der Waals surface area contributed by atoms with Gasteiger partial charge in [-0.1, -0.05) is 23.2 Å². The molecule has 2 atom stereocenters. The van der Waals surface area contributed by atoms with E-state index in [9.17, 15) is 13.2 Å². The van der Waals surface area contributed by atoms with E-state index in [2.05, 4.69) is 0 Å². The molecular weight excluding hydrogens is 347 g/mol. The van der Waals surface area contributed by atoms with Crippen molar-refractivity contribution in [3.05, 3.63) is 28.2 Å². The molecule has 3 saturated heterocycles. The number of hydrogen-bond acceptors (Lipinski definition) is 3. The molecule has 3 aliphatic rings. The summed E-state index contributed by atoms with van der Waals surface area (Å²) in [5.41, 5.74) is 0. The van der Waals surface area contributed by atoms with E-state index < -0.39 is 10.0 Å². The van der Waals surface area contributed by atoms with Gasteiger partial charge in [0.25, 0.3) is 0 Å². The molecule has 0 aromatic heterocycles. The van der Waals surface area contributed by atoms with Crippen LogP contribution in [0.2, 0.25) is 10.0 Å². The Labute approximate surface area is 139 Å². The Morgan fingerprint density at radius 2 is 1.91 bits per heavy atom. The molecule has 2 bridgehead atoms. The summed E-state index contributed by atoms with van der Waals surface area (Å²) in [5.74, 6) is -0.249. The Morgan fingerprint density at radius 1 is 1.18 bits per heavy atom. The van der Waals surface area contributed by atoms with Gasteiger partial charge >= 0.3 is 0 Å². The van der Waals surface area contributed by atoms with Gasteiger partial charge in [-0.25, -0.2) is 8.42 Å². The maximum absolute atomic E-state index is 12.9. The van der Waals surface area contributed by atoms with Crippen LogP contribution >= 0.6 is 23.2 Å². The van der Waals surface area contributed by atoms with E-state index in [0.717, 1.165) is 12.8 Å². The molecule has 3 aliphatic heterocycles. The maximum Gasteiger partial charge on any atom is 0.244 e. The molecule has 0 N–H and O–H groups in total. The molecule has 1 aromatic rings. The first-order valence-corrected chi connectivity index (χ1v) is 9.22. The van der Waals surface area contributed by atoms with Crippen LogP contribution in [0.15, 0.2) is 23.1 Å². The van der Waals surface area contributed by atoms with Crippen molar-refractivity contribution in [3.8, 4) is 0 Å². The number of benzene rings is 1. The van der Waals surface area contributed by atoms with E-state index in [1.165, 1.54) is 22.5 Å². The molecule has 1 amide bonds. The number of nitrogens with zero attached hydrogens (tertiary/aromatic N) is 2. The third kappa shape index (κ3) is 2.62. The molecule has 0 unspecified atom stereocenters. The molecule has 0 radical (unpaired) electrons. The summed E-state index contributed by atoms with van der Waals surface area (Å²) in [5, 5.41) is 0.485. The predicted octanol–water partition coefficient (Wildman–Crippen LogP) is 2.23. The number of fused-ring (bicyclic) bond motifs is 4. The zero-order valence-electron chi connectivity index (χ0n) is 12.0. The quantitative estimate of drug-likeness (QED) is 0.810. The zero-order chi connectivity index (χ0) is 16.1. The second-order valence-electron chi connectivity index (χ2n) is 5.77. The van der Waals surface area contributed by atoms with Crippen LogP contribution in [0.25, 0.3) is 0 Å². The Balaban J connectivity index is 1.98. The minimum absolute atomic E-state index is 0.0242. The smallest absolute Gasteiger partial charge is 0.244 e. The molecule has 3 fully saturated rings. The fraction of sp³-hybridized carbons (Fsp3) is 0.500. The second-order valence-corrected chi connectivity index (χ2v) is 8.52. The van der Waals surface area contributed by atoms with E-state index in [0.29, 0.717) is 11.6 Å². The van der Waals surface area contributed by atoms with Crippen molar-refractivity contribution in [2.24, 2.45) is 5.92 Å². The fourth-order valence-corrected chi connectivity index (χ4v) is 5.41. The van der Waals surface area contributed by atoms with Crippen LogP contribution in [0.4, 0.5) is 0 Å². The number of likely N-dealkylation sites (N-methyl/N-ethyl adjacent to an activating group) is 1. The first-order chi connectivity index (χ1) is 10.3. The summed E-state index contributed by atoms with van der Waals surface area (Å²) < 4.78 is 27.1. The van der Waals surface area contributed by atoms with Crippen molar-refractivity contribution in [1.29, 1.82) is 0 Å². The summed E-state index contributed by atoms with van der Waals surface area (Å²) in [7, 11) is -2.00. The highest BCUT2D eigenvalue weighted by Gasteiger charge is 2.43. The van der Waals surface area contributed by atoms with Gasteiger partial charge in [-0.05, 0) is 31.0 Å². The Kier molecular flexibility index (Phi) is 4.14. The normalized spacial score (nSPS) is 26.3. The number of hydrogen-bond donors (Lipinski definition) is 0. The lowest BCUT2D eigenvalue weighted by Crippen LogP contribution is -2.45. The molecule has 1 aromatic carbocycles. The highest BCUT2D eigenvalue weighted by atomic mass is 35.5. The zero-order valence-corrected chi connectivity index (χ0v) is 14.3. The predicted molar refractivity (Wildman–Crippen MR) is 84.5 cm³/mol. The van der Waals surface area contributed by atoms with Gasteiger partial charge in [-0.15, -0.1) is 0 Å². The van der Waals surface area contributed by atoms with E-state index in [1.807, 2.05) is 0 Å². The van der Waals surface area contributed by atoms with E-state index in [1.54, 1.807) is 11.9 Å². The third-order valence-corrected chi connectivity index (χ3v) is 6.99. The number of amides is 1. The maximum atomic E-state index is 12.9. The highest BCUT2D eigenvalue weighted by Crippen LogP contribution is 2.33. The van der Waals surface area contributed by atoms with Crippen molar-refractivity contribution in [2.45, 2.75) is 23.8 Å². The van der Waals surface area contributed by atoms with Crippen molar-refractivity contribution >= 4 is 39.1 Å². The van der Waals surface area contributed by atoms with E-state index in [-0.39, 0.29) is 34.3 Å². The average molecular weight is 363 g/mol. The van der Waals surface area contributed by atoms with Crippen LogP contribution in [0.3, 0.4) is 0 Å². The van der Waals surface area contributed by atoms with Crippen molar-refractivity contribution in [3.63, 3.8) is 0 Å². The summed E-state index contributed by atoms with van der Waals surface area (Å²) in [6, 6.07) is 4.26. The summed E-state index contributed by atoms with van der Waals surface area (Å²) in [4.78, 5) is 13.9. The number of sulfonamides is 1. The molecule has 22 heavy (non-hydrogen) atoms. The lowest BCUT2D eigenvalue weighted by molar-refractivity contribution is -0.138. The van der Waals surface area contributed by atoms with Crippen LogP contribution in [0.5, 0.6) is 0 Å². The van der Waals surface area contributed by atoms with Crippen molar-refractivity contribution in [2.75, 3.05) is 20.1 Å². The highest BCUT2D eigenvalue weighted by molar-refractivity contribution is 7.89. The van der Waals surface area contributed by atoms with Gasteiger partial charge in [-0.2, -0.15) is 4.31 Å². The van der Waals surface area contributed by atoms with Gasteiger partial charge in [0.2, 0.25) is 15.9 Å². The number of halogens is 2. The first-order valence-electron chi connectivity index (χ1n) is 7.02. The topological polar surface area (TPSA) is 57.7 Å². The SMILES string of the molecule is CN1C(=O)[C@@H]2CC[C@H]1CN(S(=O)(=O)c1ccc(Cl)cc1Cl)C2. The molecule has 4 rings (SSSR count). The van der Waals surface area contributed by atoms with Crippen LogP contribution in [-0.4, -0.2) is 49.7 Å². The first kappa shape index (κ1) is 16.1. The van der Waals surface area contributed by atoms with E-state index in [4.69, 9.17) is 23.2 Å². The molecule has 0 saturated carbocycles. The fourth-order valence-electron chi connectivity index (χ4n) is 3.14. The lowest BCUT2D eigenvalue weighted by Gasteiger charge is -2.32. The summed E-state index contributed by atoms with van der Waals surface area (Å²) in [6.07, 6.45) is 1.56. The second kappa shape index (κ2) is 5.67. The minimum Gasteiger partial charge on any atom is -0.341 e. The summed E-state index contributed by atoms with van der Waals surface area (Å²) in [6.45, 7) is 0.515. The summed E-state index contributed by atoms with van der Waals surface area (Å²) >= 11 is 11.9. The number of piperidine rings is 1. The van der Waals surface area contributed by atoms with Crippen molar-refractivity contribution in [1.82, 2.24) is 9.21 Å². The molecular formula is C14H16Cl2N2O3S. The standard InChI is InChI=1S/C14H16Cl2N2O3S/c1-17-11-4-2-9(14(17)19)7-18(8-11)22(20,21)13-5-3-10(15)6-12(13)16/h3,5-6,9,11H,2,4,7-8H2,1H3/t9-,11+/m1/s1. The number of carbonyl (C=O) groups excluding carboxylic acids is 1. The van der Waals surface area contributed by atoms with Gasteiger partial charge in [0.1, 0.15) is 4.90 Å². The van der Waals surface area contributed by atoms with Gasteiger partial charge < -0.3 is 4.90 Å². The third-order valence-electron chi connectivity index (χ3n) is 4.44. The van der Waals surface area contributed by atoms with Gasteiger partial charge in [0, 0.05) is 31.2 Å². The molecule has 3 heterocycles. The number of rotatable bonds is 2. The minimum atomic E-state index is -3.74. The van der Waals surface area contributed by atoms with E-state index >= 15 is 0 Å². The Bertz CT molecular complexity index is 723.